The van der Waals surface area contributed by atoms with Gasteiger partial charge in [-0.3, -0.25) is 9.97 Å². The van der Waals surface area contributed by atoms with Crippen LogP contribution in [0.4, 0.5) is 0 Å². The summed E-state index contributed by atoms with van der Waals surface area (Å²) in [5, 5.41) is 9.24. The van der Waals surface area contributed by atoms with E-state index in [2.05, 4.69) is 269 Å². The van der Waals surface area contributed by atoms with E-state index in [9.17, 15) is 0 Å². The molecule has 0 N–H and O–H groups in total. The van der Waals surface area contributed by atoms with Gasteiger partial charge in [-0.2, -0.15) is 65.5 Å². The Balaban J connectivity index is 0.000000118. The van der Waals surface area contributed by atoms with E-state index < -0.39 is 0 Å². The van der Waals surface area contributed by atoms with E-state index >= 15 is 0 Å². The summed E-state index contributed by atoms with van der Waals surface area (Å²) in [7, 11) is 0. The molecule has 0 saturated heterocycles. The number of hydrogen-bond acceptors (Lipinski definition) is 9. The predicted molar refractivity (Wildman–Crippen MR) is 473 cm³/mol. The molecule has 24 rings (SSSR count). The fourth-order valence-corrected chi connectivity index (χ4v) is 17.8. The van der Waals surface area contributed by atoms with Crippen LogP contribution in [0, 0.1) is 36.4 Å². The molecule has 0 unspecified atom stereocenters. The maximum Gasteiger partial charge on any atom is 2.00 e. The van der Waals surface area contributed by atoms with Gasteiger partial charge in [0.25, 0.3) is 0 Å². The first-order valence-electron chi connectivity index (χ1n) is 38.7. The summed E-state index contributed by atoms with van der Waals surface area (Å²) in [6, 6.07) is 133. The molecule has 0 aliphatic carbocycles. The second-order valence-electron chi connectivity index (χ2n) is 28.7. The molecule has 22 aromatic rings. The van der Waals surface area contributed by atoms with Crippen molar-refractivity contribution < 1.29 is 70.7 Å². The quantitative estimate of drug-likeness (QED) is 0.0871. The van der Waals surface area contributed by atoms with Gasteiger partial charge in [0.15, 0.2) is 0 Å². The summed E-state index contributed by atoms with van der Waals surface area (Å²) in [5.41, 5.74) is 20.6. The number of ether oxygens (including phenoxy) is 2. The van der Waals surface area contributed by atoms with E-state index in [0.717, 1.165) is 132 Å². The molecule has 12 aromatic carbocycles. The van der Waals surface area contributed by atoms with Crippen LogP contribution in [-0.2, 0) is 61.3 Å². The van der Waals surface area contributed by atoms with Crippen LogP contribution in [-0.4, -0.2) is 61.6 Å². The van der Waals surface area contributed by atoms with Crippen LogP contribution < -0.4 is 42.5 Å². The molecule has 0 fully saturated rings. The molecule has 0 saturated carbocycles. The Morgan fingerprint density at radius 1 is 0.267 bits per heavy atom. The largest absolute Gasteiger partial charge is 2.00 e. The van der Waals surface area contributed by atoms with Crippen LogP contribution in [0.5, 0.6) is 23.0 Å². The van der Waals surface area contributed by atoms with Crippen molar-refractivity contribution in [1.82, 2.24) is 48.2 Å². The summed E-state index contributed by atoms with van der Waals surface area (Å²) < 4.78 is 21.4. The molecule has 0 amide bonds. The van der Waals surface area contributed by atoms with Crippen LogP contribution in [0.2, 0.25) is 0 Å². The zero-order valence-corrected chi connectivity index (χ0v) is 68.9. The minimum Gasteiger partial charge on any atom is -0.509 e. The number of benzene rings is 12. The summed E-state index contributed by atoms with van der Waals surface area (Å²) in [6.45, 7) is 0.0269. The zero-order chi connectivity index (χ0) is 77.3. The number of nitrogens with zero attached hydrogens (tertiary/aromatic N) is 10. The Morgan fingerprint density at radius 3 is 1.27 bits per heavy atom. The van der Waals surface area contributed by atoms with Crippen molar-refractivity contribution in [3.8, 4) is 68.4 Å². The first-order valence-corrected chi connectivity index (χ1v) is 39.5. The van der Waals surface area contributed by atoms with Gasteiger partial charge in [0.05, 0.1) is 5.52 Å². The third-order valence-corrected chi connectivity index (χ3v) is 22.9. The molecule has 0 spiro atoms. The van der Waals surface area contributed by atoms with E-state index in [1.165, 1.54) is 44.0 Å². The molecular formula is C102H60B2N10O2Pd3S. The standard InChI is InChI=1S/2C34H20BN3O.C34H20N4S.3Pd/c1-3-17-31-27(13-1)29-15-7-19-36-33(29)35(31)23-9-5-11-25(21-23)39-26-12-6-10-24(22-26)38-32-18-4-2-14-28(32)30-16-8-20-37-34(30)38;1-3-11-29-25(9-1)26-17-15-23(21-30(26)35(29)33-13-5-7-19-36-33)39-24-16-18-28-27-10-2-4-12-31(27)38(32(28)22-24)34-14-6-8-20-37-34;1-3-11-29-25(9-1)27-17-15-23(21-31(27)37(29)33-13-5-7-19-35-33)39-24-16-18-28-26-10-2-4-12-30(26)38(32(28)22-24)34-14-6-8-20-36-34;;;/h3*1-20H;;;/q3*-2;3*+2. The van der Waals surface area contributed by atoms with Crippen LogP contribution >= 0.6 is 11.8 Å². The van der Waals surface area contributed by atoms with Gasteiger partial charge in [-0.1, -0.05) is 190 Å². The number of rotatable bonds is 12. The summed E-state index contributed by atoms with van der Waals surface area (Å²) in [4.78, 5) is 30.1. The van der Waals surface area contributed by atoms with Gasteiger partial charge >= 0.3 is 61.3 Å². The normalized spacial score (nSPS) is 11.6. The van der Waals surface area contributed by atoms with Crippen molar-refractivity contribution >= 4 is 146 Å². The van der Waals surface area contributed by atoms with Gasteiger partial charge in [-0.15, -0.1) is 110 Å². The molecule has 0 atom stereocenters. The predicted octanol–water partition coefficient (Wildman–Crippen LogP) is 19.3. The fraction of sp³-hybridized carbons (Fsp3) is 0. The minimum absolute atomic E-state index is 0. The molecule has 18 heteroatoms. The molecule has 2 aliphatic rings. The SMILES string of the molecule is [Pd+2].[Pd+2].[Pd+2].[c-]1c(Oc2[c-]c(-n3c4ccccc4c4cccnc43)ccc2)cccc1B1c2ccccc2-c2cccnc21.[c-]1c(Oc2[c-]c3c(cc2)c2ccccc2n3-c2ccccn2)ccc2c1B(c1ccccn1)c1ccccc1-2.[c-]1c(Sc2[c-]c3c(cc2)c2ccccc2n3-c2ccccn2)ccc2c3ccccc3n(-c3ccccn3)c12. The third kappa shape index (κ3) is 13.7. The van der Waals surface area contributed by atoms with Gasteiger partial charge in [-0.25, -0.2) is 19.9 Å². The molecule has 0 radical (unpaired) electrons. The van der Waals surface area contributed by atoms with E-state index in [1.54, 1.807) is 11.8 Å². The molecule has 0 bridgehead atoms. The van der Waals surface area contributed by atoms with Crippen molar-refractivity contribution in [3.05, 3.63) is 401 Å². The molecule has 10 aromatic heterocycles. The van der Waals surface area contributed by atoms with Crippen molar-refractivity contribution in [1.29, 1.82) is 0 Å². The zero-order valence-electron chi connectivity index (χ0n) is 63.4. The number of fused-ring (bicyclic) bond motifs is 18. The number of hydrogen-bond donors (Lipinski definition) is 0. The molecule has 572 valence electrons. The maximum absolute atomic E-state index is 6.42. The minimum atomic E-state index is 0. The van der Waals surface area contributed by atoms with Crippen molar-refractivity contribution in [2.75, 3.05) is 0 Å². The van der Waals surface area contributed by atoms with E-state index in [4.69, 9.17) is 19.4 Å². The summed E-state index contributed by atoms with van der Waals surface area (Å²) in [6.07, 6.45) is 11.0. The van der Waals surface area contributed by atoms with E-state index in [1.807, 2.05) is 171 Å². The average molecular weight is 1830 g/mol. The van der Waals surface area contributed by atoms with Gasteiger partial charge in [-0.05, 0) is 118 Å². The van der Waals surface area contributed by atoms with Crippen molar-refractivity contribution in [3.63, 3.8) is 0 Å². The molecular weight excluding hydrogens is 1770 g/mol. The third-order valence-electron chi connectivity index (χ3n) is 22.0. The molecule has 120 heavy (non-hydrogen) atoms. The van der Waals surface area contributed by atoms with Crippen LogP contribution in [0.1, 0.15) is 0 Å². The van der Waals surface area contributed by atoms with E-state index in [-0.39, 0.29) is 74.7 Å². The molecule has 12 heterocycles. The van der Waals surface area contributed by atoms with E-state index in [0.29, 0.717) is 23.0 Å². The second-order valence-corrected chi connectivity index (χ2v) is 29.7. The van der Waals surface area contributed by atoms with Crippen LogP contribution in [0.15, 0.2) is 375 Å². The molecule has 12 nitrogen and oxygen atoms in total. The Morgan fingerprint density at radius 2 is 0.692 bits per heavy atom. The Labute approximate surface area is 737 Å². The van der Waals surface area contributed by atoms with Crippen molar-refractivity contribution in [2.24, 2.45) is 0 Å². The first kappa shape index (κ1) is 76.8. The second kappa shape index (κ2) is 33.0. The average Bonchev–Trinajstić information content (AvgIpc) is 1.62. The van der Waals surface area contributed by atoms with Crippen molar-refractivity contribution in [2.45, 2.75) is 9.79 Å². The topological polar surface area (TPSA) is 116 Å². The Kier molecular flexibility index (Phi) is 21.1. The molecule has 2 aliphatic heterocycles. The number of aromatic nitrogens is 10. The number of pyridine rings is 6. The van der Waals surface area contributed by atoms with Gasteiger partial charge in [0.2, 0.25) is 13.4 Å². The van der Waals surface area contributed by atoms with Crippen LogP contribution in [0.25, 0.3) is 133 Å². The van der Waals surface area contributed by atoms with Gasteiger partial charge in [0.1, 0.15) is 23.1 Å². The van der Waals surface area contributed by atoms with Gasteiger partial charge in [0, 0.05) is 98.7 Å². The number of para-hydroxylation sites is 4. The first-order chi connectivity index (χ1) is 58.0. The van der Waals surface area contributed by atoms with Crippen LogP contribution in [0.3, 0.4) is 0 Å². The Hall–Kier alpha value is -13.2. The van der Waals surface area contributed by atoms with Gasteiger partial charge < -0.3 is 27.7 Å². The summed E-state index contributed by atoms with van der Waals surface area (Å²) in [5.74, 6) is 5.15. The fourth-order valence-electron chi connectivity index (χ4n) is 17.0. The Bertz CT molecular complexity index is 7370. The summed E-state index contributed by atoms with van der Waals surface area (Å²) >= 11 is 1.67. The maximum atomic E-state index is 6.42. The monoisotopic (exact) mass is 1830 g/mol. The smallest absolute Gasteiger partial charge is 0.509 e.